The lowest BCUT2D eigenvalue weighted by atomic mass is 10.1. The monoisotopic (exact) mass is 224 g/mol. The van der Waals surface area contributed by atoms with Gasteiger partial charge in [-0.1, -0.05) is 44.4 Å². The van der Waals surface area contributed by atoms with Crippen molar-refractivity contribution in [2.24, 2.45) is 0 Å². The Morgan fingerprint density at radius 3 is 3.00 bits per heavy atom. The number of thiophene rings is 1. The Balaban J connectivity index is 2.14. The smallest absolute Gasteiger partial charge is 0.0721 e. The third-order valence-electron chi connectivity index (χ3n) is 2.36. The van der Waals surface area contributed by atoms with Crippen LogP contribution in [0.25, 0.3) is 0 Å². The quantitative estimate of drug-likeness (QED) is 0.552. The number of hydrogen-bond donors (Lipinski definition) is 1. The van der Waals surface area contributed by atoms with E-state index >= 15 is 0 Å². The van der Waals surface area contributed by atoms with Crippen molar-refractivity contribution in [3.8, 4) is 0 Å². The minimum atomic E-state index is -0.253. The van der Waals surface area contributed by atoms with Gasteiger partial charge in [-0.3, -0.25) is 0 Å². The summed E-state index contributed by atoms with van der Waals surface area (Å²) in [7, 11) is 0. The Morgan fingerprint density at radius 2 is 2.33 bits per heavy atom. The summed E-state index contributed by atoms with van der Waals surface area (Å²) < 4.78 is 0. The zero-order valence-electron chi connectivity index (χ0n) is 9.36. The van der Waals surface area contributed by atoms with Crippen molar-refractivity contribution in [1.82, 2.24) is 0 Å². The van der Waals surface area contributed by atoms with Gasteiger partial charge in [-0.05, 0) is 24.3 Å². The average molecular weight is 224 g/mol. The molecule has 1 nitrogen and oxygen atoms in total. The molecule has 1 heterocycles. The maximum Gasteiger partial charge on any atom is 0.0721 e. The van der Waals surface area contributed by atoms with Gasteiger partial charge in [0, 0.05) is 4.88 Å². The average Bonchev–Trinajstić information content (AvgIpc) is 2.71. The van der Waals surface area contributed by atoms with E-state index in [0.717, 1.165) is 19.3 Å². The Labute approximate surface area is 96.5 Å². The topological polar surface area (TPSA) is 20.2 Å². The molecule has 0 aromatic carbocycles. The molecule has 0 radical (unpaired) electrons. The summed E-state index contributed by atoms with van der Waals surface area (Å²) in [5.41, 5.74) is 0. The largest absolute Gasteiger partial charge is 0.389 e. The van der Waals surface area contributed by atoms with E-state index in [1.807, 2.05) is 6.08 Å². The van der Waals surface area contributed by atoms with E-state index in [1.165, 1.54) is 17.7 Å². The van der Waals surface area contributed by atoms with Gasteiger partial charge in [-0.2, -0.15) is 0 Å². The van der Waals surface area contributed by atoms with E-state index in [1.54, 1.807) is 11.3 Å². The van der Waals surface area contributed by atoms with Crippen molar-refractivity contribution >= 4 is 11.3 Å². The molecule has 0 saturated heterocycles. The van der Waals surface area contributed by atoms with Crippen LogP contribution in [-0.2, 0) is 6.42 Å². The van der Waals surface area contributed by atoms with Crippen molar-refractivity contribution in [2.45, 2.75) is 45.1 Å². The second-order valence-electron chi connectivity index (χ2n) is 3.77. The third-order valence-corrected chi connectivity index (χ3v) is 3.26. The molecule has 15 heavy (non-hydrogen) atoms. The highest BCUT2D eigenvalue weighted by molar-refractivity contribution is 7.09. The van der Waals surface area contributed by atoms with E-state index < -0.39 is 0 Å². The van der Waals surface area contributed by atoms with Gasteiger partial charge in [0.1, 0.15) is 0 Å². The number of unbranched alkanes of at least 4 members (excludes halogenated alkanes) is 2. The summed E-state index contributed by atoms with van der Waals surface area (Å²) in [6.45, 7) is 2.18. The van der Waals surface area contributed by atoms with Crippen molar-refractivity contribution in [3.63, 3.8) is 0 Å². The lowest BCUT2D eigenvalue weighted by Crippen LogP contribution is -2.01. The first-order valence-electron chi connectivity index (χ1n) is 5.70. The summed E-state index contributed by atoms with van der Waals surface area (Å²) >= 11 is 1.76. The molecule has 84 valence electrons. The first kappa shape index (κ1) is 12.5. The highest BCUT2D eigenvalue weighted by Gasteiger charge is 1.97. The summed E-state index contributed by atoms with van der Waals surface area (Å²) in [6.07, 6.45) is 9.15. The lowest BCUT2D eigenvalue weighted by Gasteiger charge is -2.03. The Hall–Kier alpha value is -0.600. The van der Waals surface area contributed by atoms with Crippen LogP contribution in [0.1, 0.15) is 37.5 Å². The van der Waals surface area contributed by atoms with Crippen molar-refractivity contribution < 1.29 is 5.11 Å². The minimum absolute atomic E-state index is 0.253. The summed E-state index contributed by atoms with van der Waals surface area (Å²) in [5, 5.41) is 11.7. The molecule has 1 N–H and O–H groups in total. The first-order valence-corrected chi connectivity index (χ1v) is 6.58. The summed E-state index contributed by atoms with van der Waals surface area (Å²) in [6, 6.07) is 4.18. The normalized spacial score (nSPS) is 13.5. The molecule has 0 bridgehead atoms. The van der Waals surface area contributed by atoms with Gasteiger partial charge in [-0.15, -0.1) is 11.3 Å². The van der Waals surface area contributed by atoms with Gasteiger partial charge < -0.3 is 5.11 Å². The van der Waals surface area contributed by atoms with E-state index in [9.17, 15) is 5.11 Å². The van der Waals surface area contributed by atoms with E-state index in [0.29, 0.717) is 0 Å². The van der Waals surface area contributed by atoms with Crippen molar-refractivity contribution in [1.29, 1.82) is 0 Å². The highest BCUT2D eigenvalue weighted by atomic mass is 32.1. The SMILES string of the molecule is CCCCC[C@H](O)/C=C/Cc1cccs1. The molecule has 0 unspecified atom stereocenters. The molecular weight excluding hydrogens is 204 g/mol. The molecule has 0 fully saturated rings. The number of allylic oxidation sites excluding steroid dienone is 1. The predicted molar refractivity (Wildman–Crippen MR) is 67.3 cm³/mol. The molecular formula is C13H20OS. The fraction of sp³-hybridized carbons (Fsp3) is 0.538. The van der Waals surface area contributed by atoms with Crippen LogP contribution in [-0.4, -0.2) is 11.2 Å². The molecule has 1 atom stereocenters. The summed E-state index contributed by atoms with van der Waals surface area (Å²) in [4.78, 5) is 1.35. The lowest BCUT2D eigenvalue weighted by molar-refractivity contribution is 0.208. The first-order chi connectivity index (χ1) is 7.33. The minimum Gasteiger partial charge on any atom is -0.389 e. The van der Waals surface area contributed by atoms with E-state index in [2.05, 4.69) is 30.5 Å². The molecule has 0 aliphatic rings. The molecule has 0 aliphatic carbocycles. The van der Waals surface area contributed by atoms with Crippen LogP contribution >= 0.6 is 11.3 Å². The summed E-state index contributed by atoms with van der Waals surface area (Å²) in [5.74, 6) is 0. The molecule has 1 rings (SSSR count). The Kier molecular flexibility index (Phi) is 6.37. The predicted octanol–water partition coefficient (Wildman–Crippen LogP) is 3.79. The zero-order chi connectivity index (χ0) is 10.9. The van der Waals surface area contributed by atoms with Crippen LogP contribution in [0.5, 0.6) is 0 Å². The van der Waals surface area contributed by atoms with Gasteiger partial charge in [0.2, 0.25) is 0 Å². The van der Waals surface area contributed by atoms with Crippen LogP contribution in [0.2, 0.25) is 0 Å². The Bertz CT molecular complexity index is 264. The zero-order valence-corrected chi connectivity index (χ0v) is 10.2. The Morgan fingerprint density at radius 1 is 1.47 bits per heavy atom. The van der Waals surface area contributed by atoms with Crippen LogP contribution in [0, 0.1) is 0 Å². The molecule has 1 aromatic rings. The third kappa shape index (κ3) is 5.75. The highest BCUT2D eigenvalue weighted by Crippen LogP contribution is 2.10. The van der Waals surface area contributed by atoms with Gasteiger partial charge in [-0.25, -0.2) is 0 Å². The van der Waals surface area contributed by atoms with Crippen molar-refractivity contribution in [3.05, 3.63) is 34.5 Å². The number of hydrogen-bond acceptors (Lipinski definition) is 2. The molecule has 2 heteroatoms. The fourth-order valence-electron chi connectivity index (χ4n) is 1.47. The van der Waals surface area contributed by atoms with Crippen LogP contribution in [0.4, 0.5) is 0 Å². The number of rotatable bonds is 7. The maximum atomic E-state index is 9.62. The molecule has 0 aliphatic heterocycles. The number of aliphatic hydroxyl groups is 1. The van der Waals surface area contributed by atoms with E-state index in [4.69, 9.17) is 0 Å². The molecule has 0 amide bonds. The second-order valence-corrected chi connectivity index (χ2v) is 4.81. The fourth-order valence-corrected chi connectivity index (χ4v) is 2.15. The maximum absolute atomic E-state index is 9.62. The van der Waals surface area contributed by atoms with Gasteiger partial charge in [0.25, 0.3) is 0 Å². The van der Waals surface area contributed by atoms with E-state index in [-0.39, 0.29) is 6.10 Å². The van der Waals surface area contributed by atoms with Gasteiger partial charge in [0.05, 0.1) is 6.10 Å². The van der Waals surface area contributed by atoms with Crippen LogP contribution in [0.3, 0.4) is 0 Å². The van der Waals surface area contributed by atoms with Crippen LogP contribution in [0.15, 0.2) is 29.7 Å². The standard InChI is InChI=1S/C13H20OS/c1-2-3-4-7-12(14)8-5-9-13-10-6-11-15-13/h5-6,8,10-12,14H,2-4,7,9H2,1H3/b8-5+/t12-/m0/s1. The van der Waals surface area contributed by atoms with Crippen LogP contribution < -0.4 is 0 Å². The number of aliphatic hydroxyl groups excluding tert-OH is 1. The molecule has 0 spiro atoms. The van der Waals surface area contributed by atoms with Gasteiger partial charge in [0.15, 0.2) is 0 Å². The van der Waals surface area contributed by atoms with Crippen molar-refractivity contribution in [2.75, 3.05) is 0 Å². The second kappa shape index (κ2) is 7.66. The molecule has 1 aromatic heterocycles. The van der Waals surface area contributed by atoms with Gasteiger partial charge >= 0.3 is 0 Å². The molecule has 0 saturated carbocycles.